The summed E-state index contributed by atoms with van der Waals surface area (Å²) in [6, 6.07) is 8.73. The molecule has 1 aromatic carbocycles. The first-order chi connectivity index (χ1) is 13.6. The molecular formula is C21H26N6O. The summed E-state index contributed by atoms with van der Waals surface area (Å²) < 4.78 is 0. The Hall–Kier alpha value is -2.67. The monoisotopic (exact) mass is 378 g/mol. The molecule has 1 atom stereocenters. The van der Waals surface area contributed by atoms with E-state index in [1.165, 1.54) is 11.3 Å². The molecule has 146 valence electrons. The van der Waals surface area contributed by atoms with E-state index in [1.54, 1.807) is 17.3 Å². The van der Waals surface area contributed by atoms with Gasteiger partial charge in [0.25, 0.3) is 5.91 Å². The van der Waals surface area contributed by atoms with E-state index in [9.17, 15) is 4.79 Å². The number of aromatic nitrogens is 2. The highest BCUT2D eigenvalue weighted by Gasteiger charge is 2.41. The zero-order chi connectivity index (χ0) is 19.1. The molecule has 1 aromatic heterocycles. The molecule has 2 saturated heterocycles. The summed E-state index contributed by atoms with van der Waals surface area (Å²) in [6.45, 7) is 4.20. The fourth-order valence-electron chi connectivity index (χ4n) is 4.80. The van der Waals surface area contributed by atoms with E-state index in [0.717, 1.165) is 44.7 Å². The number of likely N-dealkylation sites (tertiary alicyclic amines) is 1. The van der Waals surface area contributed by atoms with Gasteiger partial charge in [-0.25, -0.2) is 9.97 Å². The number of rotatable bonds is 2. The fraction of sp³-hybridized carbons (Fsp3) is 0.476. The standard InChI is InChI=1S/C21H26N6O/c22-15-5-8-27(13-15)20(28)18-11-24-19(12-23-18)26-9-6-21(7-10-26)14-25-17-4-2-1-3-16(17)21/h1-4,11-12,15,25H,5-10,13-14,22H2. The number of carbonyl (C=O) groups excluding carboxylic acids is 1. The van der Waals surface area contributed by atoms with Crippen LogP contribution in [0.2, 0.25) is 0 Å². The van der Waals surface area contributed by atoms with Gasteiger partial charge < -0.3 is 20.9 Å². The molecule has 2 aromatic rings. The van der Waals surface area contributed by atoms with Crippen LogP contribution in [0.5, 0.6) is 0 Å². The maximum absolute atomic E-state index is 12.5. The normalized spacial score (nSPS) is 23.0. The molecule has 7 nitrogen and oxygen atoms in total. The molecule has 4 heterocycles. The van der Waals surface area contributed by atoms with Gasteiger partial charge in [0.05, 0.1) is 12.4 Å². The highest BCUT2D eigenvalue weighted by Crippen LogP contribution is 2.44. The van der Waals surface area contributed by atoms with Gasteiger partial charge in [0, 0.05) is 49.9 Å². The lowest BCUT2D eigenvalue weighted by Crippen LogP contribution is -2.44. The lowest BCUT2D eigenvalue weighted by atomic mass is 9.74. The first-order valence-corrected chi connectivity index (χ1v) is 10.1. The summed E-state index contributed by atoms with van der Waals surface area (Å²) >= 11 is 0. The topological polar surface area (TPSA) is 87.4 Å². The fourth-order valence-corrected chi connectivity index (χ4v) is 4.80. The number of hydrogen-bond donors (Lipinski definition) is 2. The first kappa shape index (κ1) is 17.4. The third-order valence-electron chi connectivity index (χ3n) is 6.53. The highest BCUT2D eigenvalue weighted by atomic mass is 16.2. The molecule has 2 fully saturated rings. The van der Waals surface area contributed by atoms with Gasteiger partial charge in [-0.05, 0) is 30.9 Å². The van der Waals surface area contributed by atoms with Crippen molar-refractivity contribution < 1.29 is 4.79 Å². The van der Waals surface area contributed by atoms with Gasteiger partial charge in [-0.15, -0.1) is 0 Å². The predicted molar refractivity (Wildman–Crippen MR) is 109 cm³/mol. The second kappa shape index (κ2) is 6.74. The van der Waals surface area contributed by atoms with Gasteiger partial charge >= 0.3 is 0 Å². The van der Waals surface area contributed by atoms with E-state index in [1.807, 2.05) is 0 Å². The summed E-state index contributed by atoms with van der Waals surface area (Å²) in [5, 5.41) is 3.57. The Morgan fingerprint density at radius 3 is 2.68 bits per heavy atom. The van der Waals surface area contributed by atoms with Crippen LogP contribution in [0.3, 0.4) is 0 Å². The molecule has 0 aliphatic carbocycles. The molecule has 3 aliphatic rings. The van der Waals surface area contributed by atoms with Crippen molar-refractivity contribution in [2.45, 2.75) is 30.7 Å². The summed E-state index contributed by atoms with van der Waals surface area (Å²) in [6.07, 6.45) is 6.38. The molecule has 5 rings (SSSR count). The summed E-state index contributed by atoms with van der Waals surface area (Å²) in [7, 11) is 0. The number of amides is 1. The Labute approximate surface area is 164 Å². The maximum Gasteiger partial charge on any atom is 0.274 e. The van der Waals surface area contributed by atoms with Crippen LogP contribution in [0.25, 0.3) is 0 Å². The van der Waals surface area contributed by atoms with E-state index in [4.69, 9.17) is 5.73 Å². The van der Waals surface area contributed by atoms with E-state index in [0.29, 0.717) is 18.8 Å². The van der Waals surface area contributed by atoms with Crippen molar-refractivity contribution in [2.75, 3.05) is 42.9 Å². The van der Waals surface area contributed by atoms with Gasteiger partial charge in [0.15, 0.2) is 0 Å². The Morgan fingerprint density at radius 1 is 1.14 bits per heavy atom. The van der Waals surface area contributed by atoms with Crippen molar-refractivity contribution in [1.29, 1.82) is 0 Å². The quantitative estimate of drug-likeness (QED) is 0.826. The summed E-state index contributed by atoms with van der Waals surface area (Å²) in [5.74, 6) is 0.780. The number of anilines is 2. The minimum absolute atomic E-state index is 0.0711. The van der Waals surface area contributed by atoms with E-state index in [-0.39, 0.29) is 17.4 Å². The van der Waals surface area contributed by atoms with Crippen LogP contribution < -0.4 is 16.0 Å². The molecule has 7 heteroatoms. The van der Waals surface area contributed by atoms with Crippen LogP contribution in [0, 0.1) is 0 Å². The van der Waals surface area contributed by atoms with Crippen molar-refractivity contribution >= 4 is 17.4 Å². The lowest BCUT2D eigenvalue weighted by molar-refractivity contribution is 0.0784. The average Bonchev–Trinajstić information content (AvgIpc) is 3.33. The molecule has 0 saturated carbocycles. The van der Waals surface area contributed by atoms with Crippen molar-refractivity contribution in [3.8, 4) is 0 Å². The third-order valence-corrected chi connectivity index (χ3v) is 6.53. The molecule has 0 radical (unpaired) electrons. The van der Waals surface area contributed by atoms with Crippen LogP contribution in [0.1, 0.15) is 35.3 Å². The molecule has 0 bridgehead atoms. The minimum Gasteiger partial charge on any atom is -0.384 e. The van der Waals surface area contributed by atoms with E-state index < -0.39 is 0 Å². The number of nitrogens with zero attached hydrogens (tertiary/aromatic N) is 4. The van der Waals surface area contributed by atoms with Gasteiger partial charge in [-0.1, -0.05) is 18.2 Å². The number of nitrogens with one attached hydrogen (secondary N) is 1. The Bertz CT molecular complexity index is 875. The number of nitrogens with two attached hydrogens (primary N) is 1. The number of para-hydroxylation sites is 1. The predicted octanol–water partition coefficient (Wildman–Crippen LogP) is 1.61. The smallest absolute Gasteiger partial charge is 0.274 e. The van der Waals surface area contributed by atoms with Crippen molar-refractivity contribution in [1.82, 2.24) is 14.9 Å². The van der Waals surface area contributed by atoms with Crippen molar-refractivity contribution in [3.05, 3.63) is 47.9 Å². The molecule has 1 amide bonds. The van der Waals surface area contributed by atoms with Crippen LogP contribution in [0.4, 0.5) is 11.5 Å². The zero-order valence-electron chi connectivity index (χ0n) is 16.0. The van der Waals surface area contributed by atoms with Crippen molar-refractivity contribution in [2.24, 2.45) is 5.73 Å². The second-order valence-electron chi connectivity index (χ2n) is 8.23. The SMILES string of the molecule is NC1CCN(C(=O)c2cnc(N3CCC4(CC3)CNc3ccccc34)cn2)C1. The number of piperidine rings is 1. The molecule has 3 N–H and O–H groups in total. The number of hydrogen-bond acceptors (Lipinski definition) is 6. The number of carbonyl (C=O) groups is 1. The van der Waals surface area contributed by atoms with Crippen LogP contribution in [-0.2, 0) is 5.41 Å². The van der Waals surface area contributed by atoms with Crippen LogP contribution >= 0.6 is 0 Å². The molecule has 1 spiro atoms. The Kier molecular flexibility index (Phi) is 4.19. The minimum atomic E-state index is -0.0711. The molecular weight excluding hydrogens is 352 g/mol. The Morgan fingerprint density at radius 2 is 1.96 bits per heavy atom. The largest absolute Gasteiger partial charge is 0.384 e. The van der Waals surface area contributed by atoms with Gasteiger partial charge in [-0.2, -0.15) is 0 Å². The molecule has 28 heavy (non-hydrogen) atoms. The zero-order valence-corrected chi connectivity index (χ0v) is 16.0. The number of benzene rings is 1. The molecule has 1 unspecified atom stereocenters. The average molecular weight is 378 g/mol. The maximum atomic E-state index is 12.5. The van der Waals surface area contributed by atoms with Crippen LogP contribution in [-0.4, -0.2) is 59.5 Å². The summed E-state index contributed by atoms with van der Waals surface area (Å²) in [4.78, 5) is 25.5. The lowest BCUT2D eigenvalue weighted by Gasteiger charge is -2.39. The first-order valence-electron chi connectivity index (χ1n) is 10.1. The van der Waals surface area contributed by atoms with Gasteiger partial charge in [-0.3, -0.25) is 4.79 Å². The van der Waals surface area contributed by atoms with Crippen molar-refractivity contribution in [3.63, 3.8) is 0 Å². The van der Waals surface area contributed by atoms with Gasteiger partial charge in [0.2, 0.25) is 0 Å². The summed E-state index contributed by atoms with van der Waals surface area (Å²) in [5.41, 5.74) is 9.26. The Balaban J connectivity index is 1.26. The highest BCUT2D eigenvalue weighted by molar-refractivity contribution is 5.92. The van der Waals surface area contributed by atoms with Crippen LogP contribution in [0.15, 0.2) is 36.7 Å². The number of fused-ring (bicyclic) bond motifs is 2. The van der Waals surface area contributed by atoms with E-state index in [2.05, 4.69) is 44.5 Å². The molecule has 3 aliphatic heterocycles. The van der Waals surface area contributed by atoms with E-state index >= 15 is 0 Å². The second-order valence-corrected chi connectivity index (χ2v) is 8.23. The van der Waals surface area contributed by atoms with Gasteiger partial charge in [0.1, 0.15) is 11.5 Å². The third kappa shape index (κ3) is 2.90.